The topological polar surface area (TPSA) is 80.8 Å². The van der Waals surface area contributed by atoms with Gasteiger partial charge in [-0.05, 0) is 24.3 Å². The molecule has 2 heterocycles. The van der Waals surface area contributed by atoms with Gasteiger partial charge in [0.25, 0.3) is 5.91 Å². The second-order valence-electron chi connectivity index (χ2n) is 5.17. The monoisotopic (exact) mass is 327 g/mol. The van der Waals surface area contributed by atoms with Crippen molar-refractivity contribution in [3.05, 3.63) is 48.3 Å². The zero-order valence-electron chi connectivity index (χ0n) is 13.2. The number of carbonyl (C=O) groups is 2. The van der Waals surface area contributed by atoms with Gasteiger partial charge in [-0.25, -0.2) is 0 Å². The molecule has 0 unspecified atom stereocenters. The van der Waals surface area contributed by atoms with Gasteiger partial charge in [0.1, 0.15) is 11.5 Å². The summed E-state index contributed by atoms with van der Waals surface area (Å²) < 4.78 is 10.6. The van der Waals surface area contributed by atoms with Gasteiger partial charge in [0, 0.05) is 37.0 Å². The molecule has 2 aromatic rings. The number of methoxy groups -OCH3 is 1. The van der Waals surface area contributed by atoms with Crippen LogP contribution in [0, 0.1) is 0 Å². The van der Waals surface area contributed by atoms with E-state index in [0.29, 0.717) is 22.7 Å². The second-order valence-corrected chi connectivity index (χ2v) is 5.17. The molecule has 0 spiro atoms. The van der Waals surface area contributed by atoms with Crippen LogP contribution in [-0.2, 0) is 4.79 Å². The van der Waals surface area contributed by atoms with Crippen LogP contribution in [0.4, 0.5) is 5.69 Å². The van der Waals surface area contributed by atoms with Gasteiger partial charge in [-0.15, -0.1) is 0 Å². The van der Waals surface area contributed by atoms with Crippen molar-refractivity contribution >= 4 is 17.5 Å². The van der Waals surface area contributed by atoms with Gasteiger partial charge in [-0.3, -0.25) is 19.5 Å². The Hall–Kier alpha value is -3.09. The van der Waals surface area contributed by atoms with E-state index in [4.69, 9.17) is 9.47 Å². The van der Waals surface area contributed by atoms with Crippen LogP contribution in [-0.4, -0.2) is 37.2 Å². The van der Waals surface area contributed by atoms with Crippen molar-refractivity contribution in [2.45, 2.75) is 6.42 Å². The molecule has 0 aliphatic carbocycles. The molecule has 24 heavy (non-hydrogen) atoms. The minimum atomic E-state index is -0.229. The van der Waals surface area contributed by atoms with Gasteiger partial charge in [-0.1, -0.05) is 0 Å². The van der Waals surface area contributed by atoms with Gasteiger partial charge in [0.05, 0.1) is 12.8 Å². The van der Waals surface area contributed by atoms with Crippen molar-refractivity contribution in [1.29, 1.82) is 0 Å². The molecule has 0 fully saturated rings. The van der Waals surface area contributed by atoms with Crippen molar-refractivity contribution in [3.63, 3.8) is 0 Å². The van der Waals surface area contributed by atoms with Crippen LogP contribution in [0.15, 0.2) is 42.7 Å². The Morgan fingerprint density at radius 2 is 2.08 bits per heavy atom. The number of anilines is 1. The number of rotatable bonds is 5. The Bertz CT molecular complexity index is 749. The maximum atomic E-state index is 12.3. The lowest BCUT2D eigenvalue weighted by atomic mass is 10.2. The van der Waals surface area contributed by atoms with Crippen molar-refractivity contribution in [3.8, 4) is 11.5 Å². The zero-order valence-corrected chi connectivity index (χ0v) is 13.2. The summed E-state index contributed by atoms with van der Waals surface area (Å²) in [5, 5.41) is 2.72. The van der Waals surface area contributed by atoms with E-state index < -0.39 is 0 Å². The molecule has 2 amide bonds. The molecule has 7 nitrogen and oxygen atoms in total. The van der Waals surface area contributed by atoms with Crippen molar-refractivity contribution in [1.82, 2.24) is 10.3 Å². The van der Waals surface area contributed by atoms with Gasteiger partial charge >= 0.3 is 0 Å². The fourth-order valence-corrected chi connectivity index (χ4v) is 2.39. The lowest BCUT2D eigenvalue weighted by Crippen LogP contribution is -2.34. The van der Waals surface area contributed by atoms with Crippen molar-refractivity contribution in [2.24, 2.45) is 0 Å². The number of nitrogens with zero attached hydrogens (tertiary/aromatic N) is 2. The quantitative estimate of drug-likeness (QED) is 0.902. The standard InChI is InChI=1S/C17H17N3O4/c1-23-13-2-3-14-15(10-13)24-11-20(14)16(21)6-9-19-17(22)12-4-7-18-8-5-12/h2-5,7-8,10H,6,9,11H2,1H3,(H,19,22). The van der Waals surface area contributed by atoms with E-state index in [1.54, 1.807) is 54.7 Å². The number of fused-ring (bicyclic) bond motifs is 1. The molecule has 0 bridgehead atoms. The highest BCUT2D eigenvalue weighted by Crippen LogP contribution is 2.37. The number of benzene rings is 1. The van der Waals surface area contributed by atoms with Gasteiger partial charge in [0.15, 0.2) is 6.73 Å². The molecule has 1 aromatic heterocycles. The molecule has 7 heteroatoms. The Kier molecular flexibility index (Phi) is 4.60. The first-order chi connectivity index (χ1) is 11.7. The number of aromatic nitrogens is 1. The molecular formula is C17H17N3O4. The van der Waals surface area contributed by atoms with Crippen LogP contribution < -0.4 is 19.7 Å². The number of nitrogens with one attached hydrogen (secondary N) is 1. The molecule has 0 atom stereocenters. The summed E-state index contributed by atoms with van der Waals surface area (Å²) in [5.41, 5.74) is 1.22. The summed E-state index contributed by atoms with van der Waals surface area (Å²) in [5.74, 6) is 0.943. The third-order valence-corrected chi connectivity index (χ3v) is 3.67. The molecule has 1 N–H and O–H groups in total. The zero-order chi connectivity index (χ0) is 16.9. The smallest absolute Gasteiger partial charge is 0.251 e. The minimum Gasteiger partial charge on any atom is -0.497 e. The van der Waals surface area contributed by atoms with Crippen LogP contribution in [0.5, 0.6) is 11.5 Å². The summed E-state index contributed by atoms with van der Waals surface area (Å²) >= 11 is 0. The molecule has 3 rings (SSSR count). The van der Waals surface area contributed by atoms with Gasteiger partial charge in [-0.2, -0.15) is 0 Å². The van der Waals surface area contributed by atoms with Crippen LogP contribution in [0.3, 0.4) is 0 Å². The molecule has 1 aliphatic heterocycles. The minimum absolute atomic E-state index is 0.117. The van der Waals surface area contributed by atoms with E-state index in [2.05, 4.69) is 10.3 Å². The van der Waals surface area contributed by atoms with Crippen LogP contribution >= 0.6 is 0 Å². The van der Waals surface area contributed by atoms with E-state index in [1.807, 2.05) is 0 Å². The fourth-order valence-electron chi connectivity index (χ4n) is 2.39. The summed E-state index contributed by atoms with van der Waals surface area (Å²) in [6.45, 7) is 0.418. The summed E-state index contributed by atoms with van der Waals surface area (Å²) in [4.78, 5) is 29.7. The Labute approximate surface area is 139 Å². The Morgan fingerprint density at radius 1 is 1.29 bits per heavy atom. The number of hydrogen-bond donors (Lipinski definition) is 1. The van der Waals surface area contributed by atoms with E-state index in [9.17, 15) is 9.59 Å². The third-order valence-electron chi connectivity index (χ3n) is 3.67. The number of amides is 2. The van der Waals surface area contributed by atoms with Crippen LogP contribution in [0.25, 0.3) is 0 Å². The van der Waals surface area contributed by atoms with Crippen LogP contribution in [0.2, 0.25) is 0 Å². The predicted molar refractivity (Wildman–Crippen MR) is 87.2 cm³/mol. The first-order valence-electron chi connectivity index (χ1n) is 7.48. The highest BCUT2D eigenvalue weighted by molar-refractivity contribution is 5.97. The maximum absolute atomic E-state index is 12.3. The Morgan fingerprint density at radius 3 is 2.83 bits per heavy atom. The highest BCUT2D eigenvalue weighted by Gasteiger charge is 2.26. The highest BCUT2D eigenvalue weighted by atomic mass is 16.5. The maximum Gasteiger partial charge on any atom is 0.251 e. The average molecular weight is 327 g/mol. The first-order valence-corrected chi connectivity index (χ1v) is 7.48. The number of carbonyl (C=O) groups excluding carboxylic acids is 2. The summed E-state index contributed by atoms with van der Waals surface area (Å²) in [7, 11) is 1.57. The molecule has 124 valence electrons. The van der Waals surface area contributed by atoms with Crippen molar-refractivity contribution in [2.75, 3.05) is 25.3 Å². The lowest BCUT2D eigenvalue weighted by Gasteiger charge is -2.14. The molecule has 0 radical (unpaired) electrons. The SMILES string of the molecule is COc1ccc2c(c1)OCN2C(=O)CCNC(=O)c1ccncc1. The van der Waals surface area contributed by atoms with Gasteiger partial charge < -0.3 is 14.8 Å². The third kappa shape index (κ3) is 3.29. The first kappa shape index (κ1) is 15.8. The number of ether oxygens (including phenoxy) is 2. The number of hydrogen-bond acceptors (Lipinski definition) is 5. The van der Waals surface area contributed by atoms with E-state index in [1.165, 1.54) is 0 Å². The summed E-state index contributed by atoms with van der Waals surface area (Å²) in [6.07, 6.45) is 3.28. The normalized spacial score (nSPS) is 12.3. The second kappa shape index (κ2) is 6.99. The largest absolute Gasteiger partial charge is 0.497 e. The van der Waals surface area contributed by atoms with Crippen molar-refractivity contribution < 1.29 is 19.1 Å². The lowest BCUT2D eigenvalue weighted by molar-refractivity contribution is -0.118. The molecule has 0 saturated heterocycles. The molecule has 1 aliphatic rings. The predicted octanol–water partition coefficient (Wildman–Crippen LogP) is 1.59. The molecule has 0 saturated carbocycles. The van der Waals surface area contributed by atoms with E-state index in [0.717, 1.165) is 0 Å². The molecular weight excluding hydrogens is 310 g/mol. The van der Waals surface area contributed by atoms with E-state index >= 15 is 0 Å². The molecule has 1 aromatic carbocycles. The van der Waals surface area contributed by atoms with E-state index in [-0.39, 0.29) is 31.5 Å². The Balaban J connectivity index is 1.55. The fraction of sp³-hybridized carbons (Fsp3) is 0.235. The average Bonchev–Trinajstić information content (AvgIpc) is 3.05. The summed E-state index contributed by atoms with van der Waals surface area (Å²) in [6, 6.07) is 8.55. The van der Waals surface area contributed by atoms with Crippen LogP contribution in [0.1, 0.15) is 16.8 Å². The van der Waals surface area contributed by atoms with Gasteiger partial charge in [0.2, 0.25) is 5.91 Å². The number of pyridine rings is 1.